The average Bonchev–Trinajstić information content (AvgIpc) is 2.02. The van der Waals surface area contributed by atoms with Crippen LogP contribution in [0.1, 0.15) is 25.7 Å². The first-order valence-electron chi connectivity index (χ1n) is 4.79. The van der Waals surface area contributed by atoms with Crippen molar-refractivity contribution in [3.8, 4) is 0 Å². The largest absolute Gasteiger partial charge is 0.481 e. The molecular weight excluding hydrogens is 206 g/mol. The first-order valence-corrected chi connectivity index (χ1v) is 4.79. The van der Waals surface area contributed by atoms with Crippen molar-refractivity contribution in [1.29, 1.82) is 0 Å². The number of carbonyl (C=O) groups is 1. The molecular formula is C9H16ClNO3. The predicted molar refractivity (Wildman–Crippen MR) is 53.8 cm³/mol. The Kier molecular flexibility index (Phi) is 3.75. The van der Waals surface area contributed by atoms with Gasteiger partial charge in [-0.05, 0) is 19.3 Å². The third kappa shape index (κ3) is 2.38. The molecule has 1 aliphatic heterocycles. The number of morpholine rings is 1. The lowest BCUT2D eigenvalue weighted by atomic mass is 9.76. The summed E-state index contributed by atoms with van der Waals surface area (Å²) in [6.45, 7) is 1.37. The van der Waals surface area contributed by atoms with Gasteiger partial charge in [0.05, 0.1) is 19.1 Å². The van der Waals surface area contributed by atoms with Crippen molar-refractivity contribution in [2.45, 2.75) is 37.3 Å². The molecule has 0 aromatic carbocycles. The third-order valence-electron chi connectivity index (χ3n) is 3.01. The molecule has 1 saturated carbocycles. The quantitative estimate of drug-likeness (QED) is 0.724. The van der Waals surface area contributed by atoms with Gasteiger partial charge in [-0.1, -0.05) is 0 Å². The minimum Gasteiger partial charge on any atom is -0.481 e. The van der Waals surface area contributed by atoms with Gasteiger partial charge in [0.15, 0.2) is 0 Å². The van der Waals surface area contributed by atoms with Gasteiger partial charge < -0.3 is 15.2 Å². The SMILES string of the molecule is Cl.O=C(O)CC1CNC2(CCC2)CO1. The van der Waals surface area contributed by atoms with E-state index in [9.17, 15) is 4.79 Å². The number of hydrogen-bond donors (Lipinski definition) is 2. The summed E-state index contributed by atoms with van der Waals surface area (Å²) in [5.41, 5.74) is 0.203. The number of nitrogens with one attached hydrogen (secondary N) is 1. The highest BCUT2D eigenvalue weighted by Crippen LogP contribution is 2.34. The molecule has 1 unspecified atom stereocenters. The average molecular weight is 222 g/mol. The van der Waals surface area contributed by atoms with Gasteiger partial charge in [0, 0.05) is 12.1 Å². The maximum Gasteiger partial charge on any atom is 0.306 e. The van der Waals surface area contributed by atoms with E-state index < -0.39 is 5.97 Å². The minimum atomic E-state index is -0.781. The van der Waals surface area contributed by atoms with Gasteiger partial charge in [0.2, 0.25) is 0 Å². The molecule has 14 heavy (non-hydrogen) atoms. The summed E-state index contributed by atoms with van der Waals surface area (Å²) < 4.78 is 5.50. The Morgan fingerprint density at radius 3 is 2.64 bits per heavy atom. The molecule has 1 heterocycles. The van der Waals surface area contributed by atoms with Crippen LogP contribution in [0.3, 0.4) is 0 Å². The molecule has 1 spiro atoms. The zero-order chi connectivity index (χ0) is 9.31. The Labute approximate surface area is 89.4 Å². The van der Waals surface area contributed by atoms with Crippen molar-refractivity contribution in [3.05, 3.63) is 0 Å². The maximum absolute atomic E-state index is 10.4. The van der Waals surface area contributed by atoms with Gasteiger partial charge in [0.25, 0.3) is 0 Å². The molecule has 0 aromatic heterocycles. The zero-order valence-corrected chi connectivity index (χ0v) is 8.81. The molecule has 2 aliphatic rings. The third-order valence-corrected chi connectivity index (χ3v) is 3.01. The molecule has 0 amide bonds. The molecule has 2 rings (SSSR count). The minimum absolute atomic E-state index is 0. The van der Waals surface area contributed by atoms with Crippen LogP contribution in [0.4, 0.5) is 0 Å². The molecule has 4 nitrogen and oxygen atoms in total. The van der Waals surface area contributed by atoms with E-state index in [1.54, 1.807) is 0 Å². The summed E-state index contributed by atoms with van der Waals surface area (Å²) in [7, 11) is 0. The monoisotopic (exact) mass is 221 g/mol. The number of halogens is 1. The summed E-state index contributed by atoms with van der Waals surface area (Å²) >= 11 is 0. The van der Waals surface area contributed by atoms with Crippen LogP contribution >= 0.6 is 12.4 Å². The molecule has 0 bridgehead atoms. The van der Waals surface area contributed by atoms with Crippen LogP contribution in [-0.4, -0.2) is 35.9 Å². The number of carboxylic acid groups (broad SMARTS) is 1. The fourth-order valence-electron chi connectivity index (χ4n) is 1.97. The first-order chi connectivity index (χ1) is 6.20. The summed E-state index contributed by atoms with van der Waals surface area (Å²) in [5, 5.41) is 12.0. The molecule has 5 heteroatoms. The van der Waals surface area contributed by atoms with Crippen LogP contribution < -0.4 is 5.32 Å². The highest BCUT2D eigenvalue weighted by Gasteiger charge is 2.40. The fraction of sp³-hybridized carbons (Fsp3) is 0.889. The lowest BCUT2D eigenvalue weighted by Crippen LogP contribution is -2.61. The second kappa shape index (κ2) is 4.47. The van der Waals surface area contributed by atoms with Gasteiger partial charge in [-0.15, -0.1) is 12.4 Å². The van der Waals surface area contributed by atoms with Crippen LogP contribution in [0.15, 0.2) is 0 Å². The van der Waals surface area contributed by atoms with Gasteiger partial charge >= 0.3 is 5.97 Å². The maximum atomic E-state index is 10.4. The predicted octanol–water partition coefficient (Wildman–Crippen LogP) is 0.794. The van der Waals surface area contributed by atoms with Gasteiger partial charge in [-0.3, -0.25) is 4.79 Å². The molecule has 2 fully saturated rings. The summed E-state index contributed by atoms with van der Waals surface area (Å²) in [6, 6.07) is 0. The second-order valence-corrected chi connectivity index (χ2v) is 4.05. The molecule has 1 saturated heterocycles. The summed E-state index contributed by atoms with van der Waals surface area (Å²) in [6.07, 6.45) is 3.59. The number of hydrogen-bond acceptors (Lipinski definition) is 3. The highest BCUT2D eigenvalue weighted by atomic mass is 35.5. The lowest BCUT2D eigenvalue weighted by molar-refractivity contribution is -0.143. The molecule has 0 radical (unpaired) electrons. The summed E-state index contributed by atoms with van der Waals surface area (Å²) in [4.78, 5) is 10.4. The van der Waals surface area contributed by atoms with E-state index >= 15 is 0 Å². The van der Waals surface area contributed by atoms with E-state index in [0.717, 1.165) is 0 Å². The van der Waals surface area contributed by atoms with Crippen molar-refractivity contribution < 1.29 is 14.6 Å². The lowest BCUT2D eigenvalue weighted by Gasteiger charge is -2.47. The number of carboxylic acids is 1. The molecule has 0 aromatic rings. The van der Waals surface area contributed by atoms with E-state index in [1.807, 2.05) is 0 Å². The van der Waals surface area contributed by atoms with Crippen LogP contribution in [0.25, 0.3) is 0 Å². The molecule has 1 aliphatic carbocycles. The highest BCUT2D eigenvalue weighted by molar-refractivity contribution is 5.85. The zero-order valence-electron chi connectivity index (χ0n) is 7.99. The van der Waals surface area contributed by atoms with E-state index in [2.05, 4.69) is 5.32 Å². The fourth-order valence-corrected chi connectivity index (χ4v) is 1.97. The van der Waals surface area contributed by atoms with Gasteiger partial charge in [-0.25, -0.2) is 0 Å². The van der Waals surface area contributed by atoms with E-state index in [4.69, 9.17) is 9.84 Å². The topological polar surface area (TPSA) is 58.6 Å². The molecule has 82 valence electrons. The Balaban J connectivity index is 0.000000980. The van der Waals surface area contributed by atoms with Crippen LogP contribution in [-0.2, 0) is 9.53 Å². The number of rotatable bonds is 2. The first kappa shape index (κ1) is 11.8. The Morgan fingerprint density at radius 1 is 1.57 bits per heavy atom. The normalized spacial score (nSPS) is 29.0. The van der Waals surface area contributed by atoms with Crippen molar-refractivity contribution in [3.63, 3.8) is 0 Å². The Morgan fingerprint density at radius 2 is 2.29 bits per heavy atom. The van der Waals surface area contributed by atoms with Crippen LogP contribution in [0, 0.1) is 0 Å². The van der Waals surface area contributed by atoms with E-state index in [0.29, 0.717) is 13.2 Å². The number of aliphatic carboxylic acids is 1. The van der Waals surface area contributed by atoms with Crippen molar-refractivity contribution in [2.24, 2.45) is 0 Å². The van der Waals surface area contributed by atoms with E-state index in [1.165, 1.54) is 19.3 Å². The Bertz CT molecular complexity index is 208. The molecule has 2 N–H and O–H groups in total. The van der Waals surface area contributed by atoms with Gasteiger partial charge in [0.1, 0.15) is 0 Å². The van der Waals surface area contributed by atoms with Gasteiger partial charge in [-0.2, -0.15) is 0 Å². The Hall–Kier alpha value is -0.320. The van der Waals surface area contributed by atoms with Crippen molar-refractivity contribution in [1.82, 2.24) is 5.32 Å². The van der Waals surface area contributed by atoms with E-state index in [-0.39, 0.29) is 30.5 Å². The van der Waals surface area contributed by atoms with Crippen molar-refractivity contribution in [2.75, 3.05) is 13.2 Å². The molecule has 1 atom stereocenters. The van der Waals surface area contributed by atoms with Crippen LogP contribution in [0.2, 0.25) is 0 Å². The second-order valence-electron chi connectivity index (χ2n) is 4.05. The summed E-state index contributed by atoms with van der Waals surface area (Å²) in [5.74, 6) is -0.781. The number of ether oxygens (including phenoxy) is 1. The van der Waals surface area contributed by atoms with Crippen molar-refractivity contribution >= 4 is 18.4 Å². The standard InChI is InChI=1S/C9H15NO3.ClH/c11-8(12)4-7-5-10-9(6-13-7)2-1-3-9;/h7,10H,1-6H2,(H,11,12);1H. The smallest absolute Gasteiger partial charge is 0.306 e. The van der Waals surface area contributed by atoms with Crippen LogP contribution in [0.5, 0.6) is 0 Å².